The van der Waals surface area contributed by atoms with Crippen molar-refractivity contribution in [2.45, 2.75) is 33.1 Å². The molecule has 4 heterocycles. The van der Waals surface area contributed by atoms with E-state index < -0.39 is 0 Å². The number of amides is 1. The lowest BCUT2D eigenvalue weighted by atomic mass is 9.93. The predicted octanol–water partition coefficient (Wildman–Crippen LogP) is 3.78. The van der Waals surface area contributed by atoms with E-state index in [1.165, 1.54) is 13.0 Å². The summed E-state index contributed by atoms with van der Waals surface area (Å²) >= 11 is 3.25. The summed E-state index contributed by atoms with van der Waals surface area (Å²) in [6, 6.07) is 2.05. The summed E-state index contributed by atoms with van der Waals surface area (Å²) in [5.41, 5.74) is 0. The minimum atomic E-state index is 0.191. The van der Waals surface area contributed by atoms with Gasteiger partial charge in [0, 0.05) is 39.3 Å². The van der Waals surface area contributed by atoms with Crippen LogP contribution in [0.3, 0.4) is 0 Å². The third-order valence-corrected chi connectivity index (χ3v) is 8.39. The van der Waals surface area contributed by atoms with Crippen LogP contribution in [0.5, 0.6) is 0 Å². The molecule has 2 fully saturated rings. The number of nitrogens with zero attached hydrogens (tertiary/aromatic N) is 4. The van der Waals surface area contributed by atoms with Crippen LogP contribution in [-0.4, -0.2) is 79.7 Å². The van der Waals surface area contributed by atoms with Crippen LogP contribution in [0.2, 0.25) is 0 Å². The fourth-order valence-electron chi connectivity index (χ4n) is 4.23. The molecular weight excluding hydrogens is 404 g/mol. The fourth-order valence-corrected chi connectivity index (χ4v) is 6.54. The predicted molar refractivity (Wildman–Crippen MR) is 122 cm³/mol. The molecule has 2 saturated heterocycles. The van der Waals surface area contributed by atoms with Gasteiger partial charge in [0.2, 0.25) is 0 Å². The van der Waals surface area contributed by atoms with Crippen LogP contribution >= 0.6 is 22.7 Å². The first-order chi connectivity index (χ1) is 14.2. The van der Waals surface area contributed by atoms with E-state index in [9.17, 15) is 4.79 Å². The third kappa shape index (κ3) is 4.93. The Morgan fingerprint density at radius 1 is 1.17 bits per heavy atom. The second-order valence-electron chi connectivity index (χ2n) is 7.93. The number of fused-ring (bicyclic) bond motifs is 1. The van der Waals surface area contributed by atoms with E-state index in [1.807, 2.05) is 4.90 Å². The van der Waals surface area contributed by atoms with Crippen LogP contribution in [0.4, 0.5) is 5.13 Å². The highest BCUT2D eigenvalue weighted by Crippen LogP contribution is 2.35. The largest absolute Gasteiger partial charge is 0.379 e. The molecule has 160 valence electrons. The second kappa shape index (κ2) is 9.73. The summed E-state index contributed by atoms with van der Waals surface area (Å²) in [5.74, 6) is 0.934. The Bertz CT molecular complexity index is 771. The zero-order valence-electron chi connectivity index (χ0n) is 17.6. The number of hydrogen-bond acceptors (Lipinski definition) is 7. The summed E-state index contributed by atoms with van der Waals surface area (Å²) < 4.78 is 6.57. The topological polar surface area (TPSA) is 48.9 Å². The molecular formula is C21H32N4O2S2. The van der Waals surface area contributed by atoms with Crippen molar-refractivity contribution < 1.29 is 9.53 Å². The van der Waals surface area contributed by atoms with Crippen LogP contribution in [-0.2, 0) is 4.74 Å². The number of anilines is 1. The molecule has 0 atom stereocenters. The van der Waals surface area contributed by atoms with E-state index in [1.54, 1.807) is 22.7 Å². The van der Waals surface area contributed by atoms with E-state index in [4.69, 9.17) is 9.72 Å². The molecule has 2 aliphatic rings. The molecule has 4 rings (SSSR count). The first-order valence-corrected chi connectivity index (χ1v) is 12.6. The molecule has 2 aromatic rings. The molecule has 2 aromatic heterocycles. The van der Waals surface area contributed by atoms with Gasteiger partial charge in [-0.3, -0.25) is 9.69 Å². The number of hydrogen-bond donors (Lipinski definition) is 0. The molecule has 0 bridgehead atoms. The van der Waals surface area contributed by atoms with Gasteiger partial charge in [-0.1, -0.05) is 11.3 Å². The highest BCUT2D eigenvalue weighted by molar-refractivity contribution is 7.29. The first kappa shape index (κ1) is 21.0. The molecule has 0 unspecified atom stereocenters. The summed E-state index contributed by atoms with van der Waals surface area (Å²) in [4.78, 5) is 26.4. The molecule has 0 spiro atoms. The number of thiazole rings is 1. The van der Waals surface area contributed by atoms with Crippen molar-refractivity contribution >= 4 is 43.2 Å². The van der Waals surface area contributed by atoms with Crippen LogP contribution < -0.4 is 4.90 Å². The van der Waals surface area contributed by atoms with E-state index in [2.05, 4.69) is 29.7 Å². The molecule has 0 aromatic carbocycles. The van der Waals surface area contributed by atoms with Crippen molar-refractivity contribution in [3.8, 4) is 0 Å². The second-order valence-corrected chi connectivity index (χ2v) is 9.97. The minimum absolute atomic E-state index is 0.191. The van der Waals surface area contributed by atoms with Crippen molar-refractivity contribution in [1.82, 2.24) is 14.8 Å². The van der Waals surface area contributed by atoms with Gasteiger partial charge < -0.3 is 14.5 Å². The van der Waals surface area contributed by atoms with E-state index in [-0.39, 0.29) is 5.91 Å². The fraction of sp³-hybridized carbons (Fsp3) is 0.714. The Balaban J connectivity index is 1.29. The average Bonchev–Trinajstić information content (AvgIpc) is 3.33. The highest BCUT2D eigenvalue weighted by Gasteiger charge is 2.26. The Kier molecular flexibility index (Phi) is 7.05. The van der Waals surface area contributed by atoms with Gasteiger partial charge in [-0.15, -0.1) is 11.3 Å². The van der Waals surface area contributed by atoms with Crippen molar-refractivity contribution in [2.24, 2.45) is 5.92 Å². The summed E-state index contributed by atoms with van der Waals surface area (Å²) in [7, 11) is 0. The van der Waals surface area contributed by atoms with Crippen LogP contribution in [0.25, 0.3) is 9.53 Å². The standard InChI is InChI=1S/C21H32N4O2S2/c1-3-24(4-2)21-22-19-17(29-21)15-18(28-19)20(26)25-9-6-16(7-10-25)5-8-23-11-13-27-14-12-23/h15-16H,3-14H2,1-2H3. The average molecular weight is 437 g/mol. The highest BCUT2D eigenvalue weighted by atomic mass is 32.1. The maximum atomic E-state index is 13.0. The van der Waals surface area contributed by atoms with Crippen LogP contribution in [0.15, 0.2) is 6.07 Å². The molecule has 0 N–H and O–H groups in total. The Labute approximate surface area is 181 Å². The van der Waals surface area contributed by atoms with Crippen molar-refractivity contribution in [3.63, 3.8) is 0 Å². The summed E-state index contributed by atoms with van der Waals surface area (Å²) in [6.45, 7) is 13.0. The molecule has 1 amide bonds. The zero-order chi connectivity index (χ0) is 20.2. The number of piperidine rings is 1. The Hall–Kier alpha value is -1.22. The lowest BCUT2D eigenvalue weighted by Gasteiger charge is -2.33. The van der Waals surface area contributed by atoms with Gasteiger partial charge >= 0.3 is 0 Å². The van der Waals surface area contributed by atoms with Gasteiger partial charge in [-0.25, -0.2) is 4.98 Å². The molecule has 8 heteroatoms. The van der Waals surface area contributed by atoms with Crippen molar-refractivity contribution in [3.05, 3.63) is 10.9 Å². The van der Waals surface area contributed by atoms with Gasteiger partial charge in [0.1, 0.15) is 4.83 Å². The molecule has 0 aliphatic carbocycles. The lowest BCUT2D eigenvalue weighted by molar-refractivity contribution is 0.0332. The third-order valence-electron chi connectivity index (χ3n) is 6.18. The van der Waals surface area contributed by atoms with Gasteiger partial charge in [0.05, 0.1) is 22.8 Å². The van der Waals surface area contributed by atoms with Gasteiger partial charge in [0.15, 0.2) is 5.13 Å². The lowest BCUT2D eigenvalue weighted by Crippen LogP contribution is -2.40. The molecule has 6 nitrogen and oxygen atoms in total. The molecule has 0 radical (unpaired) electrons. The number of ether oxygens (including phenoxy) is 1. The Morgan fingerprint density at radius 3 is 2.55 bits per heavy atom. The van der Waals surface area contributed by atoms with Gasteiger partial charge in [0.25, 0.3) is 5.91 Å². The smallest absolute Gasteiger partial charge is 0.264 e. The van der Waals surface area contributed by atoms with Crippen molar-refractivity contribution in [1.29, 1.82) is 0 Å². The first-order valence-electron chi connectivity index (χ1n) is 10.9. The SMILES string of the molecule is CCN(CC)c1nc2sc(C(=O)N3CCC(CCN4CCOCC4)CC3)cc2s1. The number of aromatic nitrogens is 1. The number of carbonyl (C=O) groups excluding carboxylic acids is 1. The Morgan fingerprint density at radius 2 is 1.90 bits per heavy atom. The molecule has 2 aliphatic heterocycles. The van der Waals surface area contributed by atoms with Gasteiger partial charge in [-0.05, 0) is 51.6 Å². The number of carbonyl (C=O) groups is 1. The van der Waals surface area contributed by atoms with Crippen molar-refractivity contribution in [2.75, 3.05) is 63.9 Å². The minimum Gasteiger partial charge on any atom is -0.379 e. The monoisotopic (exact) mass is 436 g/mol. The van der Waals surface area contributed by atoms with Crippen LogP contribution in [0.1, 0.15) is 42.8 Å². The zero-order valence-corrected chi connectivity index (χ0v) is 19.2. The summed E-state index contributed by atoms with van der Waals surface area (Å²) in [5, 5.41) is 1.07. The summed E-state index contributed by atoms with van der Waals surface area (Å²) in [6.07, 6.45) is 3.50. The van der Waals surface area contributed by atoms with E-state index in [0.29, 0.717) is 0 Å². The van der Waals surface area contributed by atoms with Gasteiger partial charge in [-0.2, -0.15) is 0 Å². The molecule has 29 heavy (non-hydrogen) atoms. The maximum absolute atomic E-state index is 13.0. The number of rotatable bonds is 7. The maximum Gasteiger partial charge on any atom is 0.264 e. The number of likely N-dealkylation sites (tertiary alicyclic amines) is 1. The van der Waals surface area contributed by atoms with E-state index in [0.717, 1.165) is 90.8 Å². The van der Waals surface area contributed by atoms with Crippen LogP contribution in [0, 0.1) is 5.92 Å². The molecule has 0 saturated carbocycles. The normalized spacial score (nSPS) is 19.2. The number of morpholine rings is 1. The van der Waals surface area contributed by atoms with E-state index >= 15 is 0 Å². The number of thiophene rings is 1. The quantitative estimate of drug-likeness (QED) is 0.661.